The molecule has 0 aliphatic carbocycles. The van der Waals surface area contributed by atoms with Crippen molar-refractivity contribution >= 4 is 11.8 Å². The van der Waals surface area contributed by atoms with Crippen LogP contribution in [0.5, 0.6) is 0 Å². The fraction of sp³-hybridized carbons (Fsp3) is 0.333. The van der Waals surface area contributed by atoms with Crippen molar-refractivity contribution in [2.24, 2.45) is 0 Å². The van der Waals surface area contributed by atoms with Gasteiger partial charge < -0.3 is 10.2 Å². The molecular formula is C12H14O4. The Morgan fingerprint density at radius 3 is 2.25 bits per heavy atom. The molecule has 0 aromatic heterocycles. The van der Waals surface area contributed by atoms with Crippen molar-refractivity contribution in [1.29, 1.82) is 0 Å². The first-order valence-corrected chi connectivity index (χ1v) is 5.10. The van der Waals surface area contributed by atoms with E-state index in [0.717, 1.165) is 6.42 Å². The first-order chi connectivity index (χ1) is 7.56. The van der Waals surface area contributed by atoms with Gasteiger partial charge in [0, 0.05) is 12.0 Å². The van der Waals surface area contributed by atoms with Crippen LogP contribution in [0.15, 0.2) is 24.3 Å². The number of benzene rings is 1. The van der Waals surface area contributed by atoms with E-state index in [4.69, 9.17) is 5.11 Å². The quantitative estimate of drug-likeness (QED) is 0.745. The standard InChI is InChI=1S/C12H14O4/c1-2-3-10(13)8-4-6-9(7-5-8)11(14)12(15)16/h4-7,11,14H,2-3H2,1H3,(H,15,16). The number of Topliss-reactive ketones (excluding diaryl/α,β-unsaturated/α-hetero) is 1. The number of carbonyl (C=O) groups is 2. The summed E-state index contributed by atoms with van der Waals surface area (Å²) < 4.78 is 0. The van der Waals surface area contributed by atoms with Crippen molar-refractivity contribution in [3.05, 3.63) is 35.4 Å². The maximum absolute atomic E-state index is 11.5. The predicted octanol–water partition coefficient (Wildman–Crippen LogP) is 1.79. The van der Waals surface area contributed by atoms with E-state index in [1.165, 1.54) is 12.1 Å². The number of rotatable bonds is 5. The van der Waals surface area contributed by atoms with Crippen LogP contribution >= 0.6 is 0 Å². The lowest BCUT2D eigenvalue weighted by molar-refractivity contribution is -0.146. The first-order valence-electron chi connectivity index (χ1n) is 5.10. The van der Waals surface area contributed by atoms with Gasteiger partial charge in [-0.1, -0.05) is 31.2 Å². The van der Waals surface area contributed by atoms with E-state index in [2.05, 4.69) is 0 Å². The molecule has 1 aromatic carbocycles. The van der Waals surface area contributed by atoms with Crippen molar-refractivity contribution < 1.29 is 19.8 Å². The summed E-state index contributed by atoms with van der Waals surface area (Å²) in [6.07, 6.45) is -0.283. The largest absolute Gasteiger partial charge is 0.479 e. The van der Waals surface area contributed by atoms with Crippen LogP contribution in [0, 0.1) is 0 Å². The van der Waals surface area contributed by atoms with Crippen molar-refractivity contribution in [1.82, 2.24) is 0 Å². The second-order valence-electron chi connectivity index (χ2n) is 3.54. The van der Waals surface area contributed by atoms with Gasteiger partial charge in [-0.15, -0.1) is 0 Å². The number of hydrogen-bond acceptors (Lipinski definition) is 3. The summed E-state index contributed by atoms with van der Waals surface area (Å²) in [5, 5.41) is 17.8. The van der Waals surface area contributed by atoms with Gasteiger partial charge in [-0.05, 0) is 12.0 Å². The van der Waals surface area contributed by atoms with Crippen LogP contribution in [-0.4, -0.2) is 22.0 Å². The predicted molar refractivity (Wildman–Crippen MR) is 58.3 cm³/mol. The van der Waals surface area contributed by atoms with E-state index in [0.29, 0.717) is 12.0 Å². The molecule has 0 fully saturated rings. The highest BCUT2D eigenvalue weighted by molar-refractivity contribution is 5.96. The van der Waals surface area contributed by atoms with E-state index in [1.807, 2.05) is 6.92 Å². The molecule has 0 amide bonds. The van der Waals surface area contributed by atoms with Crippen molar-refractivity contribution in [2.45, 2.75) is 25.9 Å². The molecule has 0 saturated carbocycles. The van der Waals surface area contributed by atoms with E-state index in [-0.39, 0.29) is 11.3 Å². The highest BCUT2D eigenvalue weighted by Crippen LogP contribution is 2.15. The highest BCUT2D eigenvalue weighted by atomic mass is 16.4. The molecule has 0 aliphatic heterocycles. The number of carbonyl (C=O) groups excluding carboxylic acids is 1. The zero-order chi connectivity index (χ0) is 12.1. The second-order valence-corrected chi connectivity index (χ2v) is 3.54. The number of aliphatic carboxylic acids is 1. The van der Waals surface area contributed by atoms with Crippen LogP contribution in [0.2, 0.25) is 0 Å². The van der Waals surface area contributed by atoms with E-state index in [1.54, 1.807) is 12.1 Å². The molecule has 0 bridgehead atoms. The third-order valence-corrected chi connectivity index (χ3v) is 2.26. The van der Waals surface area contributed by atoms with E-state index >= 15 is 0 Å². The smallest absolute Gasteiger partial charge is 0.337 e. The normalized spacial score (nSPS) is 12.1. The van der Waals surface area contributed by atoms with Gasteiger partial charge in [0.15, 0.2) is 11.9 Å². The fourth-order valence-electron chi connectivity index (χ4n) is 1.37. The van der Waals surface area contributed by atoms with Crippen molar-refractivity contribution in [2.75, 3.05) is 0 Å². The molecule has 0 aliphatic rings. The van der Waals surface area contributed by atoms with Gasteiger partial charge in [0.1, 0.15) is 0 Å². The number of aliphatic hydroxyl groups excluding tert-OH is 1. The summed E-state index contributed by atoms with van der Waals surface area (Å²) in [6, 6.07) is 6.00. The van der Waals surface area contributed by atoms with Gasteiger partial charge in [0.05, 0.1) is 0 Å². The summed E-state index contributed by atoms with van der Waals surface area (Å²) in [7, 11) is 0. The summed E-state index contributed by atoms with van der Waals surface area (Å²) in [4.78, 5) is 22.0. The molecule has 1 rings (SSSR count). The van der Waals surface area contributed by atoms with Crippen LogP contribution in [-0.2, 0) is 4.79 Å². The van der Waals surface area contributed by atoms with Crippen LogP contribution in [0.4, 0.5) is 0 Å². The molecule has 86 valence electrons. The third-order valence-electron chi connectivity index (χ3n) is 2.26. The topological polar surface area (TPSA) is 74.6 Å². The van der Waals surface area contributed by atoms with Crippen LogP contribution < -0.4 is 0 Å². The lowest BCUT2D eigenvalue weighted by atomic mass is 10.0. The first kappa shape index (κ1) is 12.4. The minimum Gasteiger partial charge on any atom is -0.479 e. The molecule has 0 heterocycles. The van der Waals surface area contributed by atoms with Gasteiger partial charge in [-0.2, -0.15) is 0 Å². The minimum absolute atomic E-state index is 0.0267. The van der Waals surface area contributed by atoms with Crippen LogP contribution in [0.1, 0.15) is 41.8 Å². The molecule has 0 spiro atoms. The van der Waals surface area contributed by atoms with Crippen molar-refractivity contribution in [3.8, 4) is 0 Å². The lowest BCUT2D eigenvalue weighted by Gasteiger charge is -2.06. The third kappa shape index (κ3) is 2.90. The minimum atomic E-state index is -1.53. The molecular weight excluding hydrogens is 208 g/mol. The van der Waals surface area contributed by atoms with Crippen LogP contribution in [0.3, 0.4) is 0 Å². The molecule has 1 unspecified atom stereocenters. The molecule has 4 heteroatoms. The Hall–Kier alpha value is -1.68. The molecule has 0 saturated heterocycles. The number of carboxylic acid groups (broad SMARTS) is 1. The van der Waals surface area contributed by atoms with Crippen LogP contribution in [0.25, 0.3) is 0 Å². The van der Waals surface area contributed by atoms with Gasteiger partial charge in [0.2, 0.25) is 0 Å². The lowest BCUT2D eigenvalue weighted by Crippen LogP contribution is -2.10. The molecule has 4 nitrogen and oxygen atoms in total. The van der Waals surface area contributed by atoms with Gasteiger partial charge in [-0.25, -0.2) is 4.79 Å². The Morgan fingerprint density at radius 2 is 1.81 bits per heavy atom. The SMILES string of the molecule is CCCC(=O)c1ccc(C(O)C(=O)O)cc1. The number of ketones is 1. The van der Waals surface area contributed by atoms with Gasteiger partial charge in [0.25, 0.3) is 0 Å². The Labute approximate surface area is 93.5 Å². The van der Waals surface area contributed by atoms with E-state index < -0.39 is 12.1 Å². The Kier molecular flexibility index (Phi) is 4.19. The Morgan fingerprint density at radius 1 is 1.25 bits per heavy atom. The zero-order valence-corrected chi connectivity index (χ0v) is 9.01. The fourth-order valence-corrected chi connectivity index (χ4v) is 1.37. The zero-order valence-electron chi connectivity index (χ0n) is 9.01. The second kappa shape index (κ2) is 5.42. The van der Waals surface area contributed by atoms with E-state index in [9.17, 15) is 14.7 Å². The molecule has 2 N–H and O–H groups in total. The average molecular weight is 222 g/mol. The summed E-state index contributed by atoms with van der Waals surface area (Å²) >= 11 is 0. The average Bonchev–Trinajstić information content (AvgIpc) is 2.28. The molecule has 1 aromatic rings. The maximum atomic E-state index is 11.5. The number of hydrogen-bond donors (Lipinski definition) is 2. The Balaban J connectivity index is 2.83. The number of carboxylic acids is 1. The maximum Gasteiger partial charge on any atom is 0.337 e. The van der Waals surface area contributed by atoms with Gasteiger partial charge >= 0.3 is 5.97 Å². The molecule has 16 heavy (non-hydrogen) atoms. The van der Waals surface area contributed by atoms with Gasteiger partial charge in [-0.3, -0.25) is 4.79 Å². The number of aliphatic hydroxyl groups is 1. The summed E-state index contributed by atoms with van der Waals surface area (Å²) in [5.74, 6) is -1.27. The molecule has 1 atom stereocenters. The van der Waals surface area contributed by atoms with Crippen molar-refractivity contribution in [3.63, 3.8) is 0 Å². The molecule has 0 radical (unpaired) electrons. The summed E-state index contributed by atoms with van der Waals surface area (Å²) in [6.45, 7) is 1.92. The Bertz CT molecular complexity index is 381. The monoisotopic (exact) mass is 222 g/mol. The summed E-state index contributed by atoms with van der Waals surface area (Å²) in [5.41, 5.74) is 0.823. The highest BCUT2D eigenvalue weighted by Gasteiger charge is 2.15.